The number of nitrogens with one attached hydrogen (secondary N) is 1. The van der Waals surface area contributed by atoms with Gasteiger partial charge in [0.1, 0.15) is 5.82 Å². The number of fused-ring (bicyclic) bond motifs is 1. The van der Waals surface area contributed by atoms with Gasteiger partial charge in [-0.25, -0.2) is 9.97 Å². The van der Waals surface area contributed by atoms with Crippen molar-refractivity contribution in [1.29, 1.82) is 0 Å². The van der Waals surface area contributed by atoms with E-state index in [9.17, 15) is 26.4 Å². The number of halogens is 3. The molecule has 0 unspecified atom stereocenters. The lowest BCUT2D eigenvalue weighted by atomic mass is 10.1. The molecule has 27 heavy (non-hydrogen) atoms. The molecule has 0 spiro atoms. The average molecular weight is 400 g/mol. The Hall–Kier alpha value is -2.69. The first-order chi connectivity index (χ1) is 12.6. The van der Waals surface area contributed by atoms with Gasteiger partial charge in [-0.05, 0) is 24.6 Å². The standard InChI is InChI=1S/C16H15F3N4O3S/c1-10-20-8-13-14(21-10)6-7-23(15(13)24)9-11-2-4-12(5-3-11)22-27(25,26)16(17,18)19/h2-5,8,22H,6-7,9H2,1H3. The summed E-state index contributed by atoms with van der Waals surface area (Å²) in [5.41, 5.74) is -3.83. The fraction of sp³-hybridized carbons (Fsp3) is 0.312. The van der Waals surface area contributed by atoms with E-state index < -0.39 is 15.5 Å². The zero-order valence-electron chi connectivity index (χ0n) is 14.1. The van der Waals surface area contributed by atoms with Crippen LogP contribution in [0.2, 0.25) is 0 Å². The fourth-order valence-electron chi connectivity index (χ4n) is 2.66. The van der Waals surface area contributed by atoms with Gasteiger partial charge in [-0.1, -0.05) is 12.1 Å². The van der Waals surface area contributed by atoms with E-state index in [-0.39, 0.29) is 18.1 Å². The number of carbonyl (C=O) groups is 1. The first kappa shape index (κ1) is 19.1. The molecule has 1 aliphatic rings. The van der Waals surface area contributed by atoms with Crippen LogP contribution < -0.4 is 4.72 Å². The second-order valence-corrected chi connectivity index (χ2v) is 7.68. The van der Waals surface area contributed by atoms with Gasteiger partial charge in [0.25, 0.3) is 5.91 Å². The molecule has 0 saturated heterocycles. The van der Waals surface area contributed by atoms with Crippen LogP contribution in [0.5, 0.6) is 0 Å². The summed E-state index contributed by atoms with van der Waals surface area (Å²) in [7, 11) is -5.47. The molecule has 11 heteroatoms. The van der Waals surface area contributed by atoms with Gasteiger partial charge in [0.15, 0.2) is 0 Å². The molecular weight excluding hydrogens is 385 g/mol. The molecule has 0 radical (unpaired) electrons. The molecule has 3 rings (SSSR count). The van der Waals surface area contributed by atoms with Crippen molar-refractivity contribution in [2.24, 2.45) is 0 Å². The Morgan fingerprint density at radius 1 is 1.22 bits per heavy atom. The average Bonchev–Trinajstić information content (AvgIpc) is 2.58. The third kappa shape index (κ3) is 4.02. The molecule has 1 aromatic carbocycles. The van der Waals surface area contributed by atoms with Crippen molar-refractivity contribution in [3.05, 3.63) is 53.1 Å². The van der Waals surface area contributed by atoms with E-state index in [1.807, 2.05) is 0 Å². The van der Waals surface area contributed by atoms with E-state index in [0.29, 0.717) is 35.6 Å². The van der Waals surface area contributed by atoms with Crippen molar-refractivity contribution >= 4 is 21.6 Å². The Labute approximate surface area is 153 Å². The molecule has 0 fully saturated rings. The lowest BCUT2D eigenvalue weighted by molar-refractivity contribution is -0.0429. The minimum Gasteiger partial charge on any atom is -0.334 e. The van der Waals surface area contributed by atoms with E-state index in [1.165, 1.54) is 35.2 Å². The third-order valence-electron chi connectivity index (χ3n) is 4.01. The van der Waals surface area contributed by atoms with Crippen LogP contribution in [0.1, 0.15) is 27.4 Å². The van der Waals surface area contributed by atoms with Crippen LogP contribution in [0, 0.1) is 6.92 Å². The summed E-state index contributed by atoms with van der Waals surface area (Å²) in [6.07, 6.45) is 2.06. The van der Waals surface area contributed by atoms with Crippen molar-refractivity contribution in [2.45, 2.75) is 25.4 Å². The molecule has 1 amide bonds. The molecule has 2 heterocycles. The molecule has 144 valence electrons. The van der Waals surface area contributed by atoms with Crippen molar-refractivity contribution in [1.82, 2.24) is 14.9 Å². The Balaban J connectivity index is 1.71. The van der Waals surface area contributed by atoms with Crippen LogP contribution in [-0.2, 0) is 23.0 Å². The summed E-state index contributed by atoms with van der Waals surface area (Å²) in [6.45, 7) is 2.43. The quantitative estimate of drug-likeness (QED) is 0.850. The van der Waals surface area contributed by atoms with E-state index in [1.54, 1.807) is 11.8 Å². The van der Waals surface area contributed by atoms with Crippen molar-refractivity contribution < 1.29 is 26.4 Å². The second kappa shape index (κ2) is 6.80. The summed E-state index contributed by atoms with van der Waals surface area (Å²) in [4.78, 5) is 22.4. The normalized spacial score (nSPS) is 14.8. The summed E-state index contributed by atoms with van der Waals surface area (Å²) >= 11 is 0. The first-order valence-electron chi connectivity index (χ1n) is 7.86. The number of anilines is 1. The largest absolute Gasteiger partial charge is 0.516 e. The minimum atomic E-state index is -5.47. The highest BCUT2D eigenvalue weighted by molar-refractivity contribution is 7.93. The van der Waals surface area contributed by atoms with Crippen LogP contribution in [0.4, 0.5) is 18.9 Å². The predicted octanol–water partition coefficient (Wildman–Crippen LogP) is 2.25. The molecular formula is C16H15F3N4O3S. The molecule has 1 N–H and O–H groups in total. The SMILES string of the molecule is Cc1ncc2c(n1)CCN(Cc1ccc(NS(=O)(=O)C(F)(F)F)cc1)C2=O. The van der Waals surface area contributed by atoms with Gasteiger partial charge in [-0.3, -0.25) is 9.52 Å². The molecule has 2 aromatic rings. The van der Waals surface area contributed by atoms with E-state index in [2.05, 4.69) is 9.97 Å². The van der Waals surface area contributed by atoms with Crippen molar-refractivity contribution in [2.75, 3.05) is 11.3 Å². The summed E-state index contributed by atoms with van der Waals surface area (Å²) in [6, 6.07) is 5.35. The number of benzene rings is 1. The number of hydrogen-bond donors (Lipinski definition) is 1. The number of hydrogen-bond acceptors (Lipinski definition) is 5. The predicted molar refractivity (Wildman–Crippen MR) is 90.3 cm³/mol. The van der Waals surface area contributed by atoms with Crippen LogP contribution in [-0.4, -0.2) is 41.2 Å². The molecule has 1 aromatic heterocycles. The lowest BCUT2D eigenvalue weighted by Crippen LogP contribution is -2.37. The maximum atomic E-state index is 12.5. The number of aromatic nitrogens is 2. The van der Waals surface area contributed by atoms with E-state index in [4.69, 9.17) is 0 Å². The molecule has 7 nitrogen and oxygen atoms in total. The highest BCUT2D eigenvalue weighted by Gasteiger charge is 2.46. The summed E-state index contributed by atoms with van der Waals surface area (Å²) in [5, 5.41) is 0. The van der Waals surface area contributed by atoms with Gasteiger partial charge < -0.3 is 4.90 Å². The summed E-state index contributed by atoms with van der Waals surface area (Å²) < 4.78 is 60.9. The summed E-state index contributed by atoms with van der Waals surface area (Å²) in [5.74, 6) is 0.366. The molecule has 1 aliphatic heterocycles. The maximum Gasteiger partial charge on any atom is 0.516 e. The molecule has 0 aliphatic carbocycles. The van der Waals surface area contributed by atoms with Gasteiger partial charge in [-0.2, -0.15) is 21.6 Å². The number of carbonyl (C=O) groups excluding carboxylic acids is 1. The zero-order valence-corrected chi connectivity index (χ0v) is 14.9. The van der Waals surface area contributed by atoms with Gasteiger partial charge in [0.05, 0.1) is 11.3 Å². The first-order valence-corrected chi connectivity index (χ1v) is 9.35. The van der Waals surface area contributed by atoms with Crippen LogP contribution in [0.3, 0.4) is 0 Å². The number of aryl methyl sites for hydroxylation is 1. The Morgan fingerprint density at radius 2 is 1.89 bits per heavy atom. The number of rotatable bonds is 4. The highest BCUT2D eigenvalue weighted by atomic mass is 32.2. The number of amides is 1. The van der Waals surface area contributed by atoms with E-state index >= 15 is 0 Å². The van der Waals surface area contributed by atoms with Crippen LogP contribution in [0.15, 0.2) is 30.5 Å². The van der Waals surface area contributed by atoms with Gasteiger partial charge in [0, 0.05) is 31.4 Å². The maximum absolute atomic E-state index is 12.5. The third-order valence-corrected chi connectivity index (χ3v) is 5.12. The van der Waals surface area contributed by atoms with Gasteiger partial charge in [0.2, 0.25) is 0 Å². The fourth-order valence-corrected chi connectivity index (χ4v) is 3.22. The zero-order chi connectivity index (χ0) is 19.8. The smallest absolute Gasteiger partial charge is 0.334 e. The highest BCUT2D eigenvalue weighted by Crippen LogP contribution is 2.26. The Bertz CT molecular complexity index is 975. The molecule has 0 atom stereocenters. The van der Waals surface area contributed by atoms with Crippen molar-refractivity contribution in [3.63, 3.8) is 0 Å². The Morgan fingerprint density at radius 3 is 2.52 bits per heavy atom. The van der Waals surface area contributed by atoms with Gasteiger partial charge >= 0.3 is 15.5 Å². The number of nitrogens with zero attached hydrogens (tertiary/aromatic N) is 3. The topological polar surface area (TPSA) is 92.3 Å². The Kier molecular flexibility index (Phi) is 4.81. The molecule has 0 bridgehead atoms. The van der Waals surface area contributed by atoms with E-state index in [0.717, 1.165) is 0 Å². The molecule has 0 saturated carbocycles. The van der Waals surface area contributed by atoms with Crippen molar-refractivity contribution in [3.8, 4) is 0 Å². The number of alkyl halides is 3. The van der Waals surface area contributed by atoms with Crippen LogP contribution >= 0.6 is 0 Å². The number of sulfonamides is 1. The van der Waals surface area contributed by atoms with Gasteiger partial charge in [-0.15, -0.1) is 0 Å². The lowest BCUT2D eigenvalue weighted by Gasteiger charge is -2.28. The minimum absolute atomic E-state index is 0.213. The second-order valence-electron chi connectivity index (χ2n) is 6.00. The van der Waals surface area contributed by atoms with Crippen LogP contribution in [0.25, 0.3) is 0 Å². The monoisotopic (exact) mass is 400 g/mol.